The Bertz CT molecular complexity index is 176. The Labute approximate surface area is 81.3 Å². The summed E-state index contributed by atoms with van der Waals surface area (Å²) in [5.74, 6) is 0. The maximum Gasteiger partial charge on any atom is 0.485 e. The molecule has 0 saturated carbocycles. The molecule has 0 aromatic heterocycles. The van der Waals surface area contributed by atoms with E-state index in [1.54, 1.807) is 0 Å². The lowest BCUT2D eigenvalue weighted by Crippen LogP contribution is -2.47. The second kappa shape index (κ2) is 5.72. The zero-order valence-corrected chi connectivity index (χ0v) is 8.32. The first kappa shape index (κ1) is 13.1. The molecular formula is C8H15F3N2O. The summed E-state index contributed by atoms with van der Waals surface area (Å²) in [6.07, 6.45) is -3.35. The molecule has 0 spiro atoms. The highest BCUT2D eigenvalue weighted by Crippen LogP contribution is 2.10. The number of carbonyl (C=O) groups is 1. The van der Waals surface area contributed by atoms with Gasteiger partial charge < -0.3 is 4.90 Å². The van der Waals surface area contributed by atoms with Crippen LogP contribution in [0.25, 0.3) is 0 Å². The third-order valence-electron chi connectivity index (χ3n) is 1.52. The van der Waals surface area contributed by atoms with Gasteiger partial charge in [0.15, 0.2) is 0 Å². The standard InChI is InChI=1S/C8H15F3N2O/c1-3-5-13(6-4-2)7(14)12-8(9,10)11/h3-6H2,1-2H3,(H,12,14). The first-order chi connectivity index (χ1) is 6.40. The van der Waals surface area contributed by atoms with Crippen molar-refractivity contribution in [3.05, 3.63) is 0 Å². The van der Waals surface area contributed by atoms with Crippen LogP contribution in [0.1, 0.15) is 26.7 Å². The van der Waals surface area contributed by atoms with Gasteiger partial charge in [-0.3, -0.25) is 0 Å². The molecule has 1 N–H and O–H groups in total. The molecule has 0 aromatic carbocycles. The van der Waals surface area contributed by atoms with Gasteiger partial charge in [0.25, 0.3) is 0 Å². The predicted molar refractivity (Wildman–Crippen MR) is 46.7 cm³/mol. The molecule has 0 aliphatic carbocycles. The van der Waals surface area contributed by atoms with E-state index in [1.807, 2.05) is 13.8 Å². The number of alkyl halides is 3. The predicted octanol–water partition coefficient (Wildman–Crippen LogP) is 2.34. The lowest BCUT2D eigenvalue weighted by atomic mass is 10.4. The van der Waals surface area contributed by atoms with Crippen molar-refractivity contribution in [2.24, 2.45) is 0 Å². The zero-order chi connectivity index (χ0) is 11.2. The Balaban J connectivity index is 4.14. The monoisotopic (exact) mass is 212 g/mol. The first-order valence-corrected chi connectivity index (χ1v) is 4.54. The molecule has 0 heterocycles. The van der Waals surface area contributed by atoms with E-state index in [0.717, 1.165) is 10.2 Å². The van der Waals surface area contributed by atoms with E-state index >= 15 is 0 Å². The number of hydrogen-bond acceptors (Lipinski definition) is 1. The molecule has 14 heavy (non-hydrogen) atoms. The molecule has 2 amide bonds. The second-order valence-electron chi connectivity index (χ2n) is 2.91. The molecule has 0 unspecified atom stereocenters. The minimum absolute atomic E-state index is 0.343. The molecule has 3 nitrogen and oxygen atoms in total. The minimum atomic E-state index is -4.64. The van der Waals surface area contributed by atoms with E-state index < -0.39 is 12.3 Å². The summed E-state index contributed by atoms with van der Waals surface area (Å²) in [7, 11) is 0. The van der Waals surface area contributed by atoms with Crippen molar-refractivity contribution in [2.45, 2.75) is 33.0 Å². The molecule has 6 heteroatoms. The van der Waals surface area contributed by atoms with Crippen LogP contribution in [0.3, 0.4) is 0 Å². The van der Waals surface area contributed by atoms with Gasteiger partial charge >= 0.3 is 12.3 Å². The maximum atomic E-state index is 11.8. The number of amides is 2. The summed E-state index contributed by atoms with van der Waals surface area (Å²) >= 11 is 0. The third kappa shape index (κ3) is 5.66. The number of carbonyl (C=O) groups excluding carboxylic acids is 1. The largest absolute Gasteiger partial charge is 0.485 e. The highest BCUT2D eigenvalue weighted by atomic mass is 19.4. The van der Waals surface area contributed by atoms with E-state index in [1.165, 1.54) is 0 Å². The molecule has 0 aliphatic rings. The average Bonchev–Trinajstić information content (AvgIpc) is 2.01. The molecule has 0 fully saturated rings. The van der Waals surface area contributed by atoms with E-state index in [4.69, 9.17) is 0 Å². The van der Waals surface area contributed by atoms with Crippen LogP contribution in [-0.2, 0) is 0 Å². The Morgan fingerprint density at radius 2 is 1.64 bits per heavy atom. The van der Waals surface area contributed by atoms with Crippen LogP contribution in [0.15, 0.2) is 0 Å². The van der Waals surface area contributed by atoms with Crippen molar-refractivity contribution in [1.29, 1.82) is 0 Å². The van der Waals surface area contributed by atoms with E-state index in [2.05, 4.69) is 0 Å². The van der Waals surface area contributed by atoms with Crippen LogP contribution < -0.4 is 5.32 Å². The van der Waals surface area contributed by atoms with Crippen molar-refractivity contribution in [2.75, 3.05) is 13.1 Å². The summed E-state index contributed by atoms with van der Waals surface area (Å²) in [5.41, 5.74) is 0. The van der Waals surface area contributed by atoms with E-state index in [0.29, 0.717) is 25.9 Å². The Morgan fingerprint density at radius 3 is 1.93 bits per heavy atom. The Morgan fingerprint density at radius 1 is 1.21 bits per heavy atom. The second-order valence-corrected chi connectivity index (χ2v) is 2.91. The molecule has 0 rings (SSSR count). The average molecular weight is 212 g/mol. The molecular weight excluding hydrogens is 197 g/mol. The summed E-state index contributed by atoms with van der Waals surface area (Å²) in [5, 5.41) is 0.976. The van der Waals surface area contributed by atoms with Gasteiger partial charge in [-0.1, -0.05) is 13.8 Å². The number of halogens is 3. The van der Waals surface area contributed by atoms with Crippen molar-refractivity contribution < 1.29 is 18.0 Å². The van der Waals surface area contributed by atoms with Crippen LogP contribution in [0.4, 0.5) is 18.0 Å². The maximum absolute atomic E-state index is 11.8. The van der Waals surface area contributed by atoms with Gasteiger partial charge in [-0.05, 0) is 12.8 Å². The fraction of sp³-hybridized carbons (Fsp3) is 0.875. The van der Waals surface area contributed by atoms with E-state index in [-0.39, 0.29) is 0 Å². The molecule has 0 aliphatic heterocycles. The van der Waals surface area contributed by atoms with Gasteiger partial charge in [-0.25, -0.2) is 10.1 Å². The highest BCUT2D eigenvalue weighted by molar-refractivity contribution is 5.74. The van der Waals surface area contributed by atoms with Gasteiger partial charge in [-0.15, -0.1) is 0 Å². The Kier molecular flexibility index (Phi) is 5.34. The quantitative estimate of drug-likeness (QED) is 0.713. The molecule has 0 saturated heterocycles. The lowest BCUT2D eigenvalue weighted by Gasteiger charge is -2.22. The fourth-order valence-corrected chi connectivity index (χ4v) is 1.06. The zero-order valence-electron chi connectivity index (χ0n) is 8.32. The summed E-state index contributed by atoms with van der Waals surface area (Å²) in [6, 6.07) is -1.07. The van der Waals surface area contributed by atoms with Gasteiger partial charge in [0.2, 0.25) is 0 Å². The van der Waals surface area contributed by atoms with Crippen LogP contribution >= 0.6 is 0 Å². The number of nitrogens with zero attached hydrogens (tertiary/aromatic N) is 1. The number of rotatable bonds is 4. The van der Waals surface area contributed by atoms with Gasteiger partial charge in [0.05, 0.1) is 0 Å². The topological polar surface area (TPSA) is 32.3 Å². The molecule has 0 radical (unpaired) electrons. The Hall–Kier alpha value is -0.940. The molecule has 0 bridgehead atoms. The molecule has 0 aromatic rings. The van der Waals surface area contributed by atoms with Crippen molar-refractivity contribution in [3.63, 3.8) is 0 Å². The van der Waals surface area contributed by atoms with Crippen LogP contribution in [0.5, 0.6) is 0 Å². The van der Waals surface area contributed by atoms with Crippen LogP contribution in [0, 0.1) is 0 Å². The normalized spacial score (nSPS) is 11.2. The third-order valence-corrected chi connectivity index (χ3v) is 1.52. The van der Waals surface area contributed by atoms with Gasteiger partial charge in [0.1, 0.15) is 0 Å². The van der Waals surface area contributed by atoms with Crippen molar-refractivity contribution >= 4 is 6.03 Å². The van der Waals surface area contributed by atoms with Gasteiger partial charge in [-0.2, -0.15) is 13.2 Å². The fourth-order valence-electron chi connectivity index (χ4n) is 1.06. The smallest absolute Gasteiger partial charge is 0.325 e. The highest BCUT2D eigenvalue weighted by Gasteiger charge is 2.31. The summed E-state index contributed by atoms with van der Waals surface area (Å²) in [6.45, 7) is 4.30. The molecule has 0 atom stereocenters. The first-order valence-electron chi connectivity index (χ1n) is 4.54. The van der Waals surface area contributed by atoms with Crippen LogP contribution in [-0.4, -0.2) is 30.3 Å². The summed E-state index contributed by atoms with van der Waals surface area (Å²) in [4.78, 5) is 12.2. The van der Waals surface area contributed by atoms with E-state index in [9.17, 15) is 18.0 Å². The minimum Gasteiger partial charge on any atom is -0.325 e. The molecule has 84 valence electrons. The van der Waals surface area contributed by atoms with Crippen molar-refractivity contribution in [3.8, 4) is 0 Å². The number of nitrogens with one attached hydrogen (secondary N) is 1. The van der Waals surface area contributed by atoms with Crippen LogP contribution in [0.2, 0.25) is 0 Å². The number of urea groups is 1. The van der Waals surface area contributed by atoms with Gasteiger partial charge in [0, 0.05) is 13.1 Å². The lowest BCUT2D eigenvalue weighted by molar-refractivity contribution is -0.147. The number of hydrogen-bond donors (Lipinski definition) is 1. The SMILES string of the molecule is CCCN(CCC)C(=O)NC(F)(F)F. The summed E-state index contributed by atoms with van der Waals surface area (Å²) < 4.78 is 35.4. The van der Waals surface area contributed by atoms with Crippen molar-refractivity contribution in [1.82, 2.24) is 10.2 Å².